The van der Waals surface area contributed by atoms with Crippen molar-refractivity contribution in [1.29, 1.82) is 0 Å². The number of pyridine rings is 1. The maximum absolute atomic E-state index is 10.7. The molecule has 0 aliphatic heterocycles. The van der Waals surface area contributed by atoms with E-state index in [1.165, 1.54) is 0 Å². The number of hydrogen-bond acceptors (Lipinski definition) is 6. The number of rotatable bonds is 3. The summed E-state index contributed by atoms with van der Waals surface area (Å²) in [6.07, 6.45) is 6.14. The zero-order valence-corrected chi connectivity index (χ0v) is 17.4. The first-order valence-corrected chi connectivity index (χ1v) is 10.8. The number of fused-ring (bicyclic) bond motifs is 5. The Morgan fingerprint density at radius 1 is 1.20 bits per heavy atom. The number of phenolic OH excluding ortho intramolecular Hbond substituents is 1. The molecule has 1 heterocycles. The lowest BCUT2D eigenvalue weighted by molar-refractivity contribution is -0.0178. The van der Waals surface area contributed by atoms with Crippen molar-refractivity contribution < 1.29 is 19.8 Å². The van der Waals surface area contributed by atoms with Crippen LogP contribution >= 0.6 is 0 Å². The van der Waals surface area contributed by atoms with Crippen LogP contribution in [0, 0.1) is 17.3 Å². The van der Waals surface area contributed by atoms with Gasteiger partial charge >= 0.3 is 0 Å². The lowest BCUT2D eigenvalue weighted by Crippen LogP contribution is -2.45. The summed E-state index contributed by atoms with van der Waals surface area (Å²) in [4.78, 5) is 9.84. The second kappa shape index (κ2) is 7.27. The highest BCUT2D eigenvalue weighted by Gasteiger charge is 2.55. The van der Waals surface area contributed by atoms with Crippen LogP contribution in [0.2, 0.25) is 0 Å². The Kier molecular flexibility index (Phi) is 4.69. The van der Waals surface area contributed by atoms with Crippen molar-refractivity contribution in [3.05, 3.63) is 47.7 Å². The van der Waals surface area contributed by atoms with Gasteiger partial charge in [-0.15, -0.1) is 0 Å². The third-order valence-corrected chi connectivity index (χ3v) is 7.76. The van der Waals surface area contributed by atoms with E-state index in [0.29, 0.717) is 29.4 Å². The summed E-state index contributed by atoms with van der Waals surface area (Å²) in [5.74, 6) is 2.23. The van der Waals surface area contributed by atoms with Gasteiger partial charge in [-0.2, -0.15) is 0 Å². The summed E-state index contributed by atoms with van der Waals surface area (Å²) in [7, 11) is 1.58. The Bertz CT molecular complexity index is 977. The minimum Gasteiger partial charge on any atom is -0.504 e. The monoisotopic (exact) mass is 408 g/mol. The van der Waals surface area contributed by atoms with E-state index in [4.69, 9.17) is 9.57 Å². The molecule has 6 heteroatoms. The van der Waals surface area contributed by atoms with Gasteiger partial charge in [0, 0.05) is 17.8 Å². The van der Waals surface area contributed by atoms with E-state index in [1.54, 1.807) is 25.4 Å². The normalized spacial score (nSPS) is 33.5. The minimum absolute atomic E-state index is 0.0351. The lowest BCUT2D eigenvalue weighted by atomic mass is 9.55. The van der Waals surface area contributed by atoms with Gasteiger partial charge in [-0.05, 0) is 79.0 Å². The fraction of sp³-hybridized carbons (Fsp3) is 0.500. The molecule has 1 aromatic carbocycles. The summed E-state index contributed by atoms with van der Waals surface area (Å²) >= 11 is 0. The van der Waals surface area contributed by atoms with E-state index in [-0.39, 0.29) is 17.3 Å². The molecule has 158 valence electrons. The quantitative estimate of drug-likeness (QED) is 0.742. The standard InChI is InChI=1S/C24H28N2O4/c1-24-9-8-14-15-13-21(29-2)20(27)12-17(15)19(26-30-23-5-3-4-10-25-23)11-16(14)18(24)6-7-22(24)28/h3-5,10,12-14,16,18,22,27-28H,6-9,11H2,1-2H3/t14-,16-,18+,22?,24+/m1/s1. The van der Waals surface area contributed by atoms with E-state index in [2.05, 4.69) is 17.1 Å². The number of aromatic hydroxyl groups is 1. The molecule has 0 bridgehead atoms. The predicted molar refractivity (Wildman–Crippen MR) is 113 cm³/mol. The minimum atomic E-state index is -0.232. The summed E-state index contributed by atoms with van der Waals surface area (Å²) in [6, 6.07) is 9.18. The van der Waals surface area contributed by atoms with Gasteiger partial charge in [0.2, 0.25) is 5.88 Å². The molecule has 6 nitrogen and oxygen atoms in total. The van der Waals surface area contributed by atoms with Gasteiger partial charge in [0.25, 0.3) is 0 Å². The molecule has 5 rings (SSSR count). The van der Waals surface area contributed by atoms with Crippen LogP contribution in [0.5, 0.6) is 17.4 Å². The molecule has 2 N–H and O–H groups in total. The highest BCUT2D eigenvalue weighted by atomic mass is 16.6. The first kappa shape index (κ1) is 19.4. The van der Waals surface area contributed by atoms with Crippen LogP contribution in [-0.2, 0) is 0 Å². The van der Waals surface area contributed by atoms with Gasteiger partial charge in [0.05, 0.1) is 18.9 Å². The number of nitrogens with zero attached hydrogens (tertiary/aromatic N) is 2. The average Bonchev–Trinajstić information content (AvgIpc) is 3.07. The average molecular weight is 408 g/mol. The van der Waals surface area contributed by atoms with E-state index < -0.39 is 0 Å². The predicted octanol–water partition coefficient (Wildman–Crippen LogP) is 4.25. The van der Waals surface area contributed by atoms with Crippen LogP contribution in [-0.4, -0.2) is 34.1 Å². The summed E-state index contributed by atoms with van der Waals surface area (Å²) in [6.45, 7) is 2.25. The number of phenols is 1. The van der Waals surface area contributed by atoms with Gasteiger partial charge < -0.3 is 19.8 Å². The van der Waals surface area contributed by atoms with E-state index >= 15 is 0 Å². The summed E-state index contributed by atoms with van der Waals surface area (Å²) < 4.78 is 5.41. The molecule has 0 spiro atoms. The highest BCUT2D eigenvalue weighted by Crippen LogP contribution is 2.61. The van der Waals surface area contributed by atoms with Crippen LogP contribution in [0.1, 0.15) is 56.1 Å². The second-order valence-corrected chi connectivity index (χ2v) is 9.13. The molecule has 0 saturated heterocycles. The number of methoxy groups -OCH3 is 1. The first-order chi connectivity index (χ1) is 14.5. The summed E-state index contributed by atoms with van der Waals surface area (Å²) in [5.41, 5.74) is 2.87. The molecule has 2 aromatic rings. The zero-order chi connectivity index (χ0) is 20.9. The Labute approximate surface area is 176 Å². The molecule has 30 heavy (non-hydrogen) atoms. The number of ether oxygens (including phenoxy) is 1. The van der Waals surface area contributed by atoms with Gasteiger partial charge in [-0.3, -0.25) is 0 Å². The molecular weight excluding hydrogens is 380 g/mol. The summed E-state index contributed by atoms with van der Waals surface area (Å²) in [5, 5.41) is 25.6. The van der Waals surface area contributed by atoms with Crippen molar-refractivity contribution in [2.24, 2.45) is 22.4 Å². The molecule has 0 radical (unpaired) electrons. The smallest absolute Gasteiger partial charge is 0.248 e. The van der Waals surface area contributed by atoms with Crippen molar-refractivity contribution >= 4 is 5.71 Å². The molecule has 2 saturated carbocycles. The Morgan fingerprint density at radius 2 is 2.07 bits per heavy atom. The van der Waals surface area contributed by atoms with Crippen molar-refractivity contribution in [1.82, 2.24) is 4.98 Å². The zero-order valence-electron chi connectivity index (χ0n) is 17.4. The van der Waals surface area contributed by atoms with Crippen LogP contribution in [0.3, 0.4) is 0 Å². The molecule has 3 aliphatic rings. The van der Waals surface area contributed by atoms with Crippen LogP contribution < -0.4 is 9.57 Å². The maximum Gasteiger partial charge on any atom is 0.248 e. The Morgan fingerprint density at radius 3 is 2.83 bits per heavy atom. The largest absolute Gasteiger partial charge is 0.504 e. The van der Waals surface area contributed by atoms with E-state index in [1.807, 2.05) is 18.2 Å². The van der Waals surface area contributed by atoms with Gasteiger partial charge in [0.15, 0.2) is 11.5 Å². The van der Waals surface area contributed by atoms with Gasteiger partial charge in [-0.1, -0.05) is 18.1 Å². The van der Waals surface area contributed by atoms with Crippen LogP contribution in [0.25, 0.3) is 0 Å². The van der Waals surface area contributed by atoms with Crippen molar-refractivity contribution in [3.63, 3.8) is 0 Å². The van der Waals surface area contributed by atoms with E-state index in [0.717, 1.165) is 48.9 Å². The number of aliphatic hydroxyl groups is 1. The molecule has 2 fully saturated rings. The number of hydrogen-bond donors (Lipinski definition) is 2. The Hall–Kier alpha value is -2.60. The maximum atomic E-state index is 10.7. The van der Waals surface area contributed by atoms with Gasteiger partial charge in [0.1, 0.15) is 0 Å². The number of benzene rings is 1. The molecule has 5 atom stereocenters. The molecule has 1 unspecified atom stereocenters. The van der Waals surface area contributed by atoms with Crippen LogP contribution in [0.4, 0.5) is 0 Å². The highest BCUT2D eigenvalue weighted by molar-refractivity contribution is 6.03. The number of oxime groups is 1. The fourth-order valence-corrected chi connectivity index (χ4v) is 6.16. The van der Waals surface area contributed by atoms with Crippen molar-refractivity contribution in [2.75, 3.05) is 7.11 Å². The molecule has 1 aromatic heterocycles. The Balaban J connectivity index is 1.58. The molecule has 0 amide bonds. The van der Waals surface area contributed by atoms with Crippen molar-refractivity contribution in [3.8, 4) is 17.4 Å². The van der Waals surface area contributed by atoms with Crippen molar-refractivity contribution in [2.45, 2.75) is 51.0 Å². The van der Waals surface area contributed by atoms with Crippen LogP contribution in [0.15, 0.2) is 41.7 Å². The number of aromatic nitrogens is 1. The second-order valence-electron chi connectivity index (χ2n) is 9.13. The molecular formula is C24H28N2O4. The fourth-order valence-electron chi connectivity index (χ4n) is 6.16. The first-order valence-electron chi connectivity index (χ1n) is 10.8. The third kappa shape index (κ3) is 2.97. The molecule has 3 aliphatic carbocycles. The number of aliphatic hydroxyl groups excluding tert-OH is 1. The van der Waals surface area contributed by atoms with Gasteiger partial charge in [-0.25, -0.2) is 4.98 Å². The third-order valence-electron chi connectivity index (χ3n) is 7.76. The SMILES string of the molecule is COc1cc2c(cc1O)C(=NOc1ccccn1)C[C@@H]1[C@@H]2CC[C@]2(C)C(O)CC[C@@H]12. The lowest BCUT2D eigenvalue weighted by Gasteiger charge is -2.50. The topological polar surface area (TPSA) is 84.2 Å². The van der Waals surface area contributed by atoms with E-state index in [9.17, 15) is 10.2 Å².